The number of aryl methyl sites for hydroxylation is 1. The van der Waals surface area contributed by atoms with Crippen LogP contribution < -0.4 is 21.3 Å². The lowest BCUT2D eigenvalue weighted by Gasteiger charge is -2.07. The van der Waals surface area contributed by atoms with Gasteiger partial charge in [-0.1, -0.05) is 48.5 Å². The first-order chi connectivity index (χ1) is 72.6. The van der Waals surface area contributed by atoms with Crippen LogP contribution in [0.4, 0.5) is 49.1 Å². The van der Waals surface area contributed by atoms with Crippen LogP contribution in [-0.4, -0.2) is 283 Å². The molecule has 0 aliphatic carbocycles. The van der Waals surface area contributed by atoms with Gasteiger partial charge in [0.25, 0.3) is 36.6 Å². The largest absolute Gasteiger partial charge is 0.490 e. The molecule has 786 valence electrons. The molecule has 0 aliphatic rings. The van der Waals surface area contributed by atoms with Crippen LogP contribution >= 0.6 is 0 Å². The van der Waals surface area contributed by atoms with Crippen molar-refractivity contribution >= 4 is 71.3 Å². The van der Waals surface area contributed by atoms with E-state index in [9.17, 15) is 45.5 Å². The number of alkyl halides is 6. The third-order valence-electron chi connectivity index (χ3n) is 19.2. The van der Waals surface area contributed by atoms with E-state index in [1.54, 1.807) is 213 Å². The van der Waals surface area contributed by atoms with E-state index in [-0.39, 0.29) is 53.7 Å². The molecular weight excluding hydrogens is 1980 g/mol. The molecule has 0 spiro atoms. The van der Waals surface area contributed by atoms with Gasteiger partial charge in [-0.05, 0) is 140 Å². The molecule has 0 saturated heterocycles. The molecule has 16 heterocycles. The van der Waals surface area contributed by atoms with Gasteiger partial charge in [0.05, 0.1) is 193 Å². The quantitative estimate of drug-likeness (QED) is 0.00978. The van der Waals surface area contributed by atoms with Crippen LogP contribution in [-0.2, 0) is 83.3 Å². The minimum absolute atomic E-state index is 0.250. The van der Waals surface area contributed by atoms with E-state index < -0.39 is 24.3 Å². The molecule has 0 bridgehead atoms. The number of aliphatic carboxylic acids is 2. The second kappa shape index (κ2) is 62.0. The number of nitrogens with zero attached hydrogens (tertiary/aromatic N) is 18. The number of methoxy groups -OCH3 is 4. The van der Waals surface area contributed by atoms with Crippen molar-refractivity contribution in [2.45, 2.75) is 45.5 Å². The van der Waals surface area contributed by atoms with Gasteiger partial charge in [-0.25, -0.2) is 29.5 Å². The van der Waals surface area contributed by atoms with Crippen molar-refractivity contribution in [1.82, 2.24) is 94.2 Å². The van der Waals surface area contributed by atoms with Gasteiger partial charge >= 0.3 is 24.3 Å². The Morgan fingerprint density at radius 2 is 0.700 bits per heavy atom. The van der Waals surface area contributed by atoms with Crippen LogP contribution in [0, 0.1) is 6.92 Å². The highest BCUT2D eigenvalue weighted by Crippen LogP contribution is 2.32. The maximum Gasteiger partial charge on any atom is 0.490 e. The molecule has 16 rings (SSSR count). The fourth-order valence-electron chi connectivity index (χ4n) is 12.4. The van der Waals surface area contributed by atoms with E-state index in [0.717, 1.165) is 22.4 Å². The normalized spacial score (nSPS) is 10.7. The number of amides is 4. The van der Waals surface area contributed by atoms with Crippen LogP contribution in [0.25, 0.3) is 90.9 Å². The Hall–Kier alpha value is -18.0. The molecule has 0 saturated carbocycles. The fourth-order valence-corrected chi connectivity index (χ4v) is 12.4. The summed E-state index contributed by atoms with van der Waals surface area (Å²) >= 11 is 0. The van der Waals surface area contributed by atoms with Gasteiger partial charge in [-0.3, -0.25) is 77.5 Å². The average molecular weight is 2080 g/mol. The first-order valence-electron chi connectivity index (χ1n) is 44.7. The summed E-state index contributed by atoms with van der Waals surface area (Å²) in [4.78, 5) is 126. The van der Waals surface area contributed by atoms with Crippen molar-refractivity contribution in [2.24, 2.45) is 0 Å². The number of nitrogens with one attached hydrogen (secondary N) is 5. The molecule has 16 aromatic rings. The number of hydrogen-bond donors (Lipinski definition) is 9. The lowest BCUT2D eigenvalue weighted by Crippen LogP contribution is -2.21. The lowest BCUT2D eigenvalue weighted by atomic mass is 10.1. The van der Waals surface area contributed by atoms with Crippen molar-refractivity contribution in [3.05, 3.63) is 291 Å². The molecular formula is C99H101F6N23O22. The summed E-state index contributed by atoms with van der Waals surface area (Å²) in [5, 5.41) is 64.9. The third-order valence-corrected chi connectivity index (χ3v) is 19.2. The van der Waals surface area contributed by atoms with Crippen LogP contribution in [0.15, 0.2) is 272 Å². The van der Waals surface area contributed by atoms with Gasteiger partial charge in [0.15, 0.2) is 5.76 Å². The predicted octanol–water partition coefficient (Wildman–Crippen LogP) is 14.0. The Morgan fingerprint density at radius 3 is 0.987 bits per heavy atom. The number of carboxylic acids is 2. The van der Waals surface area contributed by atoms with Gasteiger partial charge in [-0.15, -0.1) is 0 Å². The third kappa shape index (κ3) is 38.5. The van der Waals surface area contributed by atoms with E-state index in [1.165, 1.54) is 0 Å². The van der Waals surface area contributed by atoms with Crippen LogP contribution in [0.3, 0.4) is 0 Å². The summed E-state index contributed by atoms with van der Waals surface area (Å²) in [5.74, 6) is -6.31. The van der Waals surface area contributed by atoms with Crippen molar-refractivity contribution in [3.8, 4) is 90.9 Å². The standard InChI is InChI=1S/C25H26N6O3.2C23H23N5O4.C22H23N7O3.2C2HF3O2.2CH2O2/c1-18-14-19(16-26-15-18)20-7-5-8-22(28-20)25(32)29-23-17-31(10-11-34-13-12-33-2)30-24(23)21-6-3-4-9-27-21;1-30-14-15-31-13-11-28-16-20(22(27-28)18-6-2-3-10-24-18)26-23(29)19-8-4-7-17(25-19)21-9-5-12-32-21;1-30-13-14-31-12-10-28-15-21(22(27-28)19-5-2-3-9-24-19)26-23(29)20-7-4-6-18(25-20)17-8-11-32-16-17;1-31-13-14-32-12-11-29-15-20(21(28-29)18-5-2-3-9-23-18)26-22(30)19-7-4-6-16(25-19)17-8-10-24-27-17;2*3-2(4,5)1(6)7;2*2-1-3/h3-9,14-17H,10-13H2,1-2H3,(H,29,32);2-10,12,16H,11,13-15H2,1H3,(H,26,29);2-9,11,15-16H,10,12-14H2,1H3,(H,26,29);2-10,15H,11-14H2,1H3,(H,24,27)(H,26,30);2*(H,6,7);2*1H,(H,2,3). The monoisotopic (exact) mass is 2080 g/mol. The summed E-state index contributed by atoms with van der Waals surface area (Å²) in [6.45, 7) is 9.57. The molecule has 0 aromatic carbocycles. The second-order valence-corrected chi connectivity index (χ2v) is 29.9. The van der Waals surface area contributed by atoms with E-state index in [4.69, 9.17) is 86.3 Å². The first-order valence-corrected chi connectivity index (χ1v) is 44.7. The smallest absolute Gasteiger partial charge is 0.483 e. The van der Waals surface area contributed by atoms with Gasteiger partial charge in [0, 0.05) is 108 Å². The number of halogens is 6. The van der Waals surface area contributed by atoms with E-state index in [1.807, 2.05) is 104 Å². The molecule has 0 fully saturated rings. The number of carboxylic acid groups (broad SMARTS) is 4. The SMILES string of the molecule is COCCOCCn1cc(NC(=O)c2cccc(-c3ccco3)n2)c(-c2ccccn2)n1.COCCOCCn1cc(NC(=O)c2cccc(-c3ccn[nH]3)n2)c(-c2ccccn2)n1.COCCOCCn1cc(NC(=O)c2cccc(-c3ccoc3)n2)c(-c2ccccn2)n1.COCCOCCn1cc(NC(=O)c2cccc(-c3cncc(C)c3)n2)c(-c2ccccn2)n1.O=C(O)C(F)(F)F.O=C(O)C(F)(F)F.O=CO.O=CO. The summed E-state index contributed by atoms with van der Waals surface area (Å²) in [7, 11) is 6.52. The molecule has 0 aliphatic heterocycles. The number of carbonyl (C=O) groups excluding carboxylic acids is 4. The molecule has 0 unspecified atom stereocenters. The Morgan fingerprint density at radius 1 is 0.380 bits per heavy atom. The number of aromatic nitrogens is 19. The Kier molecular flexibility index (Phi) is 47.7. The number of hydrogen-bond acceptors (Lipinski definition) is 32. The molecule has 51 heteroatoms. The highest BCUT2D eigenvalue weighted by atomic mass is 19.4. The topological polar surface area (TPSA) is 582 Å². The maximum absolute atomic E-state index is 13.1. The average Bonchev–Trinajstić information content (AvgIpc) is 1.65. The molecule has 45 nitrogen and oxygen atoms in total. The first kappa shape index (κ1) is 116. The zero-order valence-corrected chi connectivity index (χ0v) is 80.7. The number of rotatable bonds is 40. The number of aromatic amines is 1. The van der Waals surface area contributed by atoms with Crippen LogP contribution in [0.2, 0.25) is 0 Å². The maximum atomic E-state index is 13.1. The Balaban J connectivity index is 0.000000209. The predicted molar refractivity (Wildman–Crippen MR) is 527 cm³/mol. The van der Waals surface area contributed by atoms with E-state index in [0.29, 0.717) is 208 Å². The number of carbonyl (C=O) groups is 8. The summed E-state index contributed by atoms with van der Waals surface area (Å²) < 4.78 is 123. The minimum atomic E-state index is -5.08. The molecule has 16 aromatic heterocycles. The van der Waals surface area contributed by atoms with E-state index in [2.05, 4.69) is 96.7 Å². The number of anilines is 4. The number of furan rings is 2. The molecule has 0 radical (unpaired) electrons. The van der Waals surface area contributed by atoms with Gasteiger partial charge in [-0.2, -0.15) is 51.8 Å². The summed E-state index contributed by atoms with van der Waals surface area (Å²) in [5.41, 5.74) is 14.1. The number of H-pyrrole nitrogens is 1. The number of ether oxygens (including phenoxy) is 8. The van der Waals surface area contributed by atoms with Gasteiger partial charge < -0.3 is 88.4 Å². The van der Waals surface area contributed by atoms with Gasteiger partial charge in [0.2, 0.25) is 0 Å². The molecule has 4 amide bonds. The number of pyridine rings is 9. The van der Waals surface area contributed by atoms with Crippen molar-refractivity contribution < 1.29 is 132 Å². The lowest BCUT2D eigenvalue weighted by molar-refractivity contribution is -0.193. The Labute approximate surface area is 850 Å². The van der Waals surface area contributed by atoms with Crippen LogP contribution in [0.1, 0.15) is 47.5 Å². The van der Waals surface area contributed by atoms with Crippen molar-refractivity contribution in [2.75, 3.05) is 129 Å². The molecule has 150 heavy (non-hydrogen) atoms. The summed E-state index contributed by atoms with van der Waals surface area (Å²) in [6, 6.07) is 52.4. The van der Waals surface area contributed by atoms with Crippen LogP contribution in [0.5, 0.6) is 0 Å². The fraction of sp³-hybridized carbons (Fsp3) is 0.232. The van der Waals surface area contributed by atoms with Crippen molar-refractivity contribution in [3.63, 3.8) is 0 Å². The van der Waals surface area contributed by atoms with E-state index >= 15 is 0 Å². The molecule has 9 N–H and O–H groups in total. The Bertz CT molecular complexity index is 6330. The molecule has 0 atom stereocenters. The zero-order chi connectivity index (χ0) is 108. The minimum Gasteiger partial charge on any atom is -0.483 e. The van der Waals surface area contributed by atoms with Crippen molar-refractivity contribution in [1.29, 1.82) is 0 Å². The second-order valence-electron chi connectivity index (χ2n) is 29.9. The highest BCUT2D eigenvalue weighted by Gasteiger charge is 2.39. The summed E-state index contributed by atoms with van der Waals surface area (Å²) in [6.07, 6.45) is 13.5. The van der Waals surface area contributed by atoms with Gasteiger partial charge in [0.1, 0.15) is 51.2 Å². The zero-order valence-electron chi connectivity index (χ0n) is 80.7. The highest BCUT2D eigenvalue weighted by molar-refractivity contribution is 6.07.